The molecule has 25 heavy (non-hydrogen) atoms. The molecule has 0 fully saturated rings. The zero-order chi connectivity index (χ0) is 17.4. The van der Waals surface area contributed by atoms with Gasteiger partial charge in [-0.1, -0.05) is 24.3 Å². The summed E-state index contributed by atoms with van der Waals surface area (Å²) in [5, 5.41) is 14.5. The maximum atomic E-state index is 10.9. The molecule has 0 spiro atoms. The number of nitro benzene ring substituents is 1. The smallest absolute Gasteiger partial charge is 0.269 e. The second-order valence-corrected chi connectivity index (χ2v) is 6.51. The monoisotopic (exact) mass is 336 g/mol. The normalized spacial score (nSPS) is 23.5. The molecule has 0 bridgehead atoms. The number of nitrogens with zero attached hydrogens (tertiary/aromatic N) is 1. The van der Waals surface area contributed by atoms with Crippen LogP contribution in [0.3, 0.4) is 0 Å². The van der Waals surface area contributed by atoms with E-state index in [2.05, 4.69) is 29.6 Å². The molecule has 0 saturated carbocycles. The zero-order valence-electron chi connectivity index (χ0n) is 14.0. The quantitative estimate of drug-likeness (QED) is 0.494. The maximum Gasteiger partial charge on any atom is 0.269 e. The van der Waals surface area contributed by atoms with Gasteiger partial charge in [0.1, 0.15) is 5.75 Å². The lowest BCUT2D eigenvalue weighted by molar-refractivity contribution is -0.384. The molecule has 0 saturated heterocycles. The molecular weight excluding hydrogens is 316 g/mol. The topological polar surface area (TPSA) is 64.4 Å². The maximum absolute atomic E-state index is 10.9. The van der Waals surface area contributed by atoms with Gasteiger partial charge < -0.3 is 10.1 Å². The van der Waals surface area contributed by atoms with E-state index >= 15 is 0 Å². The van der Waals surface area contributed by atoms with Crippen LogP contribution in [-0.4, -0.2) is 11.5 Å². The molecule has 0 unspecified atom stereocenters. The first-order valence-electron chi connectivity index (χ1n) is 8.61. The van der Waals surface area contributed by atoms with Gasteiger partial charge in [-0.3, -0.25) is 10.1 Å². The number of anilines is 1. The van der Waals surface area contributed by atoms with Crippen LogP contribution >= 0.6 is 0 Å². The molecule has 1 N–H and O–H groups in total. The highest BCUT2D eigenvalue weighted by Gasteiger charge is 2.38. The van der Waals surface area contributed by atoms with Crippen molar-refractivity contribution in [1.29, 1.82) is 0 Å². The number of benzene rings is 2. The number of allylic oxidation sites excluding steroid dienone is 2. The highest BCUT2D eigenvalue weighted by Crippen LogP contribution is 2.50. The van der Waals surface area contributed by atoms with Gasteiger partial charge in [-0.05, 0) is 48.6 Å². The third-order valence-electron chi connectivity index (χ3n) is 5.11. The van der Waals surface area contributed by atoms with Gasteiger partial charge in [-0.15, -0.1) is 0 Å². The molecule has 2 aliphatic rings. The van der Waals surface area contributed by atoms with E-state index in [1.54, 1.807) is 12.1 Å². The lowest BCUT2D eigenvalue weighted by Crippen LogP contribution is -2.29. The molecule has 1 aliphatic heterocycles. The Bertz CT molecular complexity index is 829. The molecule has 2 aromatic carbocycles. The first-order chi connectivity index (χ1) is 12.2. The number of fused-ring (bicyclic) bond motifs is 3. The predicted octanol–water partition coefficient (Wildman–Crippen LogP) is 4.82. The summed E-state index contributed by atoms with van der Waals surface area (Å²) in [6, 6.07) is 13.2. The Hall–Kier alpha value is -2.82. The van der Waals surface area contributed by atoms with Crippen LogP contribution < -0.4 is 10.1 Å². The second kappa shape index (κ2) is 6.24. The Kier molecular flexibility index (Phi) is 3.92. The van der Waals surface area contributed by atoms with Crippen molar-refractivity contribution in [2.75, 3.05) is 11.9 Å². The Morgan fingerprint density at radius 1 is 1.24 bits per heavy atom. The molecule has 0 amide bonds. The number of ether oxygens (including phenoxy) is 1. The lowest BCUT2D eigenvalue weighted by Gasteiger charge is -2.37. The Balaban J connectivity index is 1.69. The van der Waals surface area contributed by atoms with E-state index < -0.39 is 0 Å². The molecule has 2 aromatic rings. The van der Waals surface area contributed by atoms with Crippen molar-refractivity contribution >= 4 is 11.4 Å². The van der Waals surface area contributed by atoms with Crippen molar-refractivity contribution < 1.29 is 9.66 Å². The number of nitrogens with one attached hydrogen (secondary N) is 1. The van der Waals surface area contributed by atoms with Gasteiger partial charge >= 0.3 is 0 Å². The molecule has 5 heteroatoms. The predicted molar refractivity (Wildman–Crippen MR) is 97.1 cm³/mol. The Labute approximate surface area is 146 Å². The molecule has 128 valence electrons. The van der Waals surface area contributed by atoms with Gasteiger partial charge in [0.05, 0.1) is 17.6 Å². The van der Waals surface area contributed by atoms with E-state index in [9.17, 15) is 10.1 Å². The summed E-state index contributed by atoms with van der Waals surface area (Å²) < 4.78 is 5.65. The van der Waals surface area contributed by atoms with E-state index in [1.165, 1.54) is 5.56 Å². The van der Waals surface area contributed by atoms with Crippen LogP contribution in [0, 0.1) is 16.0 Å². The molecule has 3 atom stereocenters. The SMILES string of the molecule is CCOc1ccc2c(c1)[C@H]1C=CC[C@@H]1[C@@H](c1ccc([N+](=O)[O-])cc1)N2. The van der Waals surface area contributed by atoms with Crippen molar-refractivity contribution in [3.8, 4) is 5.75 Å². The lowest BCUT2D eigenvalue weighted by atomic mass is 9.77. The minimum absolute atomic E-state index is 0.127. The third-order valence-corrected chi connectivity index (χ3v) is 5.11. The van der Waals surface area contributed by atoms with Crippen LogP contribution in [0.1, 0.15) is 36.4 Å². The fraction of sp³-hybridized carbons (Fsp3) is 0.300. The number of hydrogen-bond donors (Lipinski definition) is 1. The fourth-order valence-corrected chi connectivity index (χ4v) is 3.96. The molecule has 5 nitrogen and oxygen atoms in total. The van der Waals surface area contributed by atoms with Crippen LogP contribution in [0.25, 0.3) is 0 Å². The summed E-state index contributed by atoms with van der Waals surface area (Å²) in [5.41, 5.74) is 3.59. The molecule has 1 heterocycles. The van der Waals surface area contributed by atoms with Crippen molar-refractivity contribution in [3.63, 3.8) is 0 Å². The number of hydrogen-bond acceptors (Lipinski definition) is 4. The van der Waals surface area contributed by atoms with Gasteiger partial charge in [0, 0.05) is 23.7 Å². The van der Waals surface area contributed by atoms with Crippen molar-refractivity contribution in [1.82, 2.24) is 0 Å². The highest BCUT2D eigenvalue weighted by molar-refractivity contribution is 5.61. The van der Waals surface area contributed by atoms with E-state index in [0.29, 0.717) is 18.4 Å². The summed E-state index contributed by atoms with van der Waals surface area (Å²) in [6.07, 6.45) is 5.51. The first-order valence-corrected chi connectivity index (χ1v) is 8.61. The summed E-state index contributed by atoms with van der Waals surface area (Å²) in [7, 11) is 0. The summed E-state index contributed by atoms with van der Waals surface area (Å²) in [6.45, 7) is 2.64. The third kappa shape index (κ3) is 2.76. The average Bonchev–Trinajstić information content (AvgIpc) is 3.11. The van der Waals surface area contributed by atoms with E-state index in [-0.39, 0.29) is 16.7 Å². The van der Waals surface area contributed by atoms with Crippen LogP contribution in [0.2, 0.25) is 0 Å². The van der Waals surface area contributed by atoms with Crippen molar-refractivity contribution in [2.24, 2.45) is 5.92 Å². The van der Waals surface area contributed by atoms with E-state index in [1.807, 2.05) is 25.1 Å². The minimum atomic E-state index is -0.359. The van der Waals surface area contributed by atoms with Crippen LogP contribution in [-0.2, 0) is 0 Å². The zero-order valence-corrected chi connectivity index (χ0v) is 14.0. The van der Waals surface area contributed by atoms with Crippen LogP contribution in [0.4, 0.5) is 11.4 Å². The Morgan fingerprint density at radius 2 is 2.04 bits per heavy atom. The van der Waals surface area contributed by atoms with Gasteiger partial charge in [0.15, 0.2) is 0 Å². The fourth-order valence-electron chi connectivity index (χ4n) is 3.96. The van der Waals surface area contributed by atoms with E-state index in [4.69, 9.17) is 4.74 Å². The second-order valence-electron chi connectivity index (χ2n) is 6.51. The van der Waals surface area contributed by atoms with Crippen molar-refractivity contribution in [3.05, 3.63) is 75.9 Å². The van der Waals surface area contributed by atoms with Gasteiger partial charge in [0.2, 0.25) is 0 Å². The Morgan fingerprint density at radius 3 is 2.76 bits per heavy atom. The number of non-ortho nitro benzene ring substituents is 1. The molecular formula is C20H20N2O3. The summed E-state index contributed by atoms with van der Waals surface area (Å²) in [4.78, 5) is 10.5. The van der Waals surface area contributed by atoms with Gasteiger partial charge in [-0.25, -0.2) is 0 Å². The number of rotatable bonds is 4. The molecule has 0 radical (unpaired) electrons. The summed E-state index contributed by atoms with van der Waals surface area (Å²) >= 11 is 0. The van der Waals surface area contributed by atoms with Crippen LogP contribution in [0.5, 0.6) is 5.75 Å². The molecule has 1 aliphatic carbocycles. The van der Waals surface area contributed by atoms with Crippen LogP contribution in [0.15, 0.2) is 54.6 Å². The standard InChI is InChI=1S/C20H20N2O3/c1-2-25-15-10-11-19-18(12-15)16-4-3-5-17(16)20(21-19)13-6-8-14(9-7-13)22(23)24/h3-4,6-12,16-17,20-21H,2,5H2,1H3/t16-,17-,20+/m0/s1. The average molecular weight is 336 g/mol. The number of nitro groups is 1. The van der Waals surface area contributed by atoms with Gasteiger partial charge in [-0.2, -0.15) is 0 Å². The highest BCUT2D eigenvalue weighted by atomic mass is 16.6. The van der Waals surface area contributed by atoms with Gasteiger partial charge in [0.25, 0.3) is 5.69 Å². The summed E-state index contributed by atoms with van der Waals surface area (Å²) in [5.74, 6) is 1.65. The largest absolute Gasteiger partial charge is 0.494 e. The van der Waals surface area contributed by atoms with E-state index in [0.717, 1.165) is 23.4 Å². The molecule has 0 aromatic heterocycles. The molecule has 4 rings (SSSR count). The van der Waals surface area contributed by atoms with Crippen molar-refractivity contribution in [2.45, 2.75) is 25.3 Å². The first kappa shape index (κ1) is 15.7. The minimum Gasteiger partial charge on any atom is -0.494 e.